The van der Waals surface area contributed by atoms with E-state index < -0.39 is 0 Å². The van der Waals surface area contributed by atoms with E-state index in [1.807, 2.05) is 42.5 Å². The minimum Gasteiger partial charge on any atom is -0.333 e. The fourth-order valence-electron chi connectivity index (χ4n) is 3.49. The first-order valence-electron chi connectivity index (χ1n) is 9.06. The highest BCUT2D eigenvalue weighted by Gasteiger charge is 2.25. The zero-order valence-electron chi connectivity index (χ0n) is 14.6. The zero-order chi connectivity index (χ0) is 17.8. The molecule has 0 aliphatic carbocycles. The molecule has 4 rings (SSSR count). The predicted octanol–water partition coefficient (Wildman–Crippen LogP) is 0.874. The molecule has 2 aromatic carbocycles. The molecule has 0 amide bonds. The number of hydrogen-bond acceptors (Lipinski definition) is 3. The van der Waals surface area contributed by atoms with Crippen LogP contribution in [0, 0.1) is 0 Å². The fourth-order valence-corrected chi connectivity index (χ4v) is 3.70. The van der Waals surface area contributed by atoms with E-state index in [2.05, 4.69) is 22.3 Å². The Hall–Kier alpha value is -2.21. The van der Waals surface area contributed by atoms with Crippen LogP contribution in [-0.2, 0) is 13.1 Å². The van der Waals surface area contributed by atoms with Crippen molar-refractivity contribution in [2.24, 2.45) is 0 Å². The van der Waals surface area contributed by atoms with Gasteiger partial charge in [-0.05, 0) is 12.1 Å². The Balaban J connectivity index is 1.29. The number of benzene rings is 2. The molecule has 134 valence electrons. The largest absolute Gasteiger partial charge is 0.333 e. The van der Waals surface area contributed by atoms with Crippen molar-refractivity contribution >= 4 is 11.6 Å². The standard InChI is InChI=1S/C20H21ClN4O/c21-18-8-4-5-16(13-18)14-24-9-11-25(12-10-24)15-19-22-20(23-26-19)17-6-2-1-3-7-17/h1-8,13H,9-12,14-15H2/p+2. The van der Waals surface area contributed by atoms with Gasteiger partial charge in [0.05, 0.1) is 0 Å². The number of nitrogens with zero attached hydrogens (tertiary/aromatic N) is 2. The smallest absolute Gasteiger partial charge is 0.282 e. The molecule has 2 N–H and O–H groups in total. The minimum atomic E-state index is 0.671. The van der Waals surface area contributed by atoms with Gasteiger partial charge in [0, 0.05) is 16.1 Å². The molecule has 0 spiro atoms. The SMILES string of the molecule is Clc1cccc(C[NH+]2CC[NH+](Cc3nc(-c4ccccc4)no3)CC2)c1. The molecule has 6 heteroatoms. The van der Waals surface area contributed by atoms with Crippen molar-refractivity contribution in [1.82, 2.24) is 10.1 Å². The summed E-state index contributed by atoms with van der Waals surface area (Å²) in [6, 6.07) is 18.1. The van der Waals surface area contributed by atoms with Crippen molar-refractivity contribution < 1.29 is 14.3 Å². The molecule has 0 bridgehead atoms. The lowest BCUT2D eigenvalue weighted by Crippen LogP contribution is -3.27. The zero-order valence-corrected chi connectivity index (χ0v) is 15.4. The van der Waals surface area contributed by atoms with Crippen LogP contribution in [0.2, 0.25) is 5.02 Å². The molecule has 1 aromatic heterocycles. The number of hydrogen-bond donors (Lipinski definition) is 2. The van der Waals surface area contributed by atoms with Crippen molar-refractivity contribution in [2.75, 3.05) is 26.2 Å². The first-order valence-corrected chi connectivity index (χ1v) is 9.43. The van der Waals surface area contributed by atoms with Gasteiger partial charge >= 0.3 is 0 Å². The van der Waals surface area contributed by atoms with Crippen molar-refractivity contribution in [1.29, 1.82) is 0 Å². The van der Waals surface area contributed by atoms with Crippen LogP contribution in [0.4, 0.5) is 0 Å². The highest BCUT2D eigenvalue weighted by Crippen LogP contribution is 2.14. The van der Waals surface area contributed by atoms with Crippen LogP contribution in [0.5, 0.6) is 0 Å². The van der Waals surface area contributed by atoms with Gasteiger partial charge in [-0.3, -0.25) is 0 Å². The molecule has 0 unspecified atom stereocenters. The summed E-state index contributed by atoms with van der Waals surface area (Å²) >= 11 is 6.09. The maximum absolute atomic E-state index is 6.09. The molecule has 2 heterocycles. The van der Waals surface area contributed by atoms with Crippen molar-refractivity contribution in [3.05, 3.63) is 71.1 Å². The predicted molar refractivity (Wildman–Crippen MR) is 100.0 cm³/mol. The van der Waals surface area contributed by atoms with Gasteiger partial charge in [0.25, 0.3) is 5.89 Å². The highest BCUT2D eigenvalue weighted by molar-refractivity contribution is 6.30. The van der Waals surface area contributed by atoms with E-state index in [0.717, 1.165) is 55.7 Å². The lowest BCUT2D eigenvalue weighted by molar-refractivity contribution is -1.02. The van der Waals surface area contributed by atoms with E-state index in [4.69, 9.17) is 16.1 Å². The molecule has 0 radical (unpaired) electrons. The number of aromatic nitrogens is 2. The van der Waals surface area contributed by atoms with Gasteiger partial charge in [-0.1, -0.05) is 59.2 Å². The first-order chi connectivity index (χ1) is 12.8. The van der Waals surface area contributed by atoms with E-state index in [9.17, 15) is 0 Å². The monoisotopic (exact) mass is 370 g/mol. The van der Waals surface area contributed by atoms with Crippen molar-refractivity contribution in [2.45, 2.75) is 13.1 Å². The normalized spacial score (nSPS) is 20.2. The third kappa shape index (κ3) is 4.30. The van der Waals surface area contributed by atoms with E-state index in [-0.39, 0.29) is 0 Å². The molecule has 1 aliphatic heterocycles. The summed E-state index contributed by atoms with van der Waals surface area (Å²) in [6.45, 7) is 6.33. The number of nitrogens with one attached hydrogen (secondary N) is 2. The second kappa shape index (κ2) is 7.99. The van der Waals surface area contributed by atoms with Crippen LogP contribution in [0.25, 0.3) is 11.4 Å². The molecular formula is C20H23ClN4O+2. The summed E-state index contributed by atoms with van der Waals surface area (Å²) < 4.78 is 5.45. The second-order valence-corrected chi connectivity index (χ2v) is 7.30. The summed E-state index contributed by atoms with van der Waals surface area (Å²) in [6.07, 6.45) is 0. The number of piperazine rings is 1. The second-order valence-electron chi connectivity index (χ2n) is 6.86. The Bertz CT molecular complexity index is 844. The van der Waals surface area contributed by atoms with E-state index in [1.165, 1.54) is 10.5 Å². The van der Waals surface area contributed by atoms with Gasteiger partial charge in [0.15, 0.2) is 6.54 Å². The average molecular weight is 371 g/mol. The van der Waals surface area contributed by atoms with Gasteiger partial charge in [-0.25, -0.2) is 0 Å². The van der Waals surface area contributed by atoms with Crippen LogP contribution in [0.15, 0.2) is 59.1 Å². The Morgan fingerprint density at radius 2 is 1.62 bits per heavy atom. The van der Waals surface area contributed by atoms with Gasteiger partial charge in [-0.2, -0.15) is 4.98 Å². The van der Waals surface area contributed by atoms with E-state index in [1.54, 1.807) is 4.90 Å². The average Bonchev–Trinajstić information content (AvgIpc) is 3.13. The lowest BCUT2D eigenvalue weighted by atomic mass is 10.2. The molecule has 26 heavy (non-hydrogen) atoms. The van der Waals surface area contributed by atoms with Gasteiger partial charge in [0.1, 0.15) is 32.7 Å². The maximum Gasteiger partial charge on any atom is 0.282 e. The van der Waals surface area contributed by atoms with Crippen LogP contribution >= 0.6 is 11.6 Å². The summed E-state index contributed by atoms with van der Waals surface area (Å²) in [5, 5.41) is 4.93. The van der Waals surface area contributed by atoms with Gasteiger partial charge in [-0.15, -0.1) is 0 Å². The minimum absolute atomic E-state index is 0.671. The van der Waals surface area contributed by atoms with Crippen LogP contribution < -0.4 is 9.80 Å². The highest BCUT2D eigenvalue weighted by atomic mass is 35.5. The van der Waals surface area contributed by atoms with E-state index >= 15 is 0 Å². The maximum atomic E-state index is 6.09. The molecular weight excluding hydrogens is 348 g/mol. The van der Waals surface area contributed by atoms with Gasteiger partial charge in [0.2, 0.25) is 5.82 Å². The van der Waals surface area contributed by atoms with Crippen LogP contribution in [0.1, 0.15) is 11.5 Å². The van der Waals surface area contributed by atoms with Gasteiger partial charge < -0.3 is 14.3 Å². The third-order valence-corrected chi connectivity index (χ3v) is 5.14. The molecule has 1 aliphatic rings. The molecule has 1 saturated heterocycles. The third-order valence-electron chi connectivity index (χ3n) is 4.91. The Labute approximate surface area is 158 Å². The summed E-state index contributed by atoms with van der Waals surface area (Å²) in [5.41, 5.74) is 2.30. The summed E-state index contributed by atoms with van der Waals surface area (Å²) in [7, 11) is 0. The van der Waals surface area contributed by atoms with E-state index in [0.29, 0.717) is 5.82 Å². The summed E-state index contributed by atoms with van der Waals surface area (Å²) in [5.74, 6) is 1.39. The first kappa shape index (κ1) is 17.2. The molecule has 0 saturated carbocycles. The topological polar surface area (TPSA) is 47.8 Å². The number of rotatable bonds is 5. The van der Waals surface area contributed by atoms with Crippen LogP contribution in [-0.4, -0.2) is 36.3 Å². The molecule has 3 aromatic rings. The van der Waals surface area contributed by atoms with Crippen LogP contribution in [0.3, 0.4) is 0 Å². The molecule has 0 atom stereocenters. The molecule has 5 nitrogen and oxygen atoms in total. The fraction of sp³-hybridized carbons (Fsp3) is 0.300. The Kier molecular flexibility index (Phi) is 5.29. The molecule has 1 fully saturated rings. The Morgan fingerprint density at radius 1 is 0.885 bits per heavy atom. The van der Waals surface area contributed by atoms with Crippen molar-refractivity contribution in [3.8, 4) is 11.4 Å². The summed E-state index contributed by atoms with van der Waals surface area (Å²) in [4.78, 5) is 7.66. The number of halogens is 1. The number of quaternary nitrogens is 2. The quantitative estimate of drug-likeness (QED) is 0.700. The Morgan fingerprint density at radius 3 is 2.35 bits per heavy atom. The lowest BCUT2D eigenvalue weighted by Gasteiger charge is -2.29. The van der Waals surface area contributed by atoms with Crippen molar-refractivity contribution in [3.63, 3.8) is 0 Å².